The minimum absolute atomic E-state index is 0.186. The maximum Gasteiger partial charge on any atom is 0.307 e. The van der Waals surface area contributed by atoms with Crippen LogP contribution in [0.4, 0.5) is 14.5 Å². The molecular formula is C8H8F2N2O3. The van der Waals surface area contributed by atoms with Crippen LogP contribution in [0.25, 0.3) is 0 Å². The molecule has 1 rings (SSSR count). The van der Waals surface area contributed by atoms with Crippen molar-refractivity contribution < 1.29 is 18.7 Å². The van der Waals surface area contributed by atoms with E-state index in [4.69, 9.17) is 10.8 Å². The van der Waals surface area contributed by atoms with Gasteiger partial charge in [-0.15, -0.1) is 0 Å². The molecule has 0 aliphatic rings. The fraction of sp³-hybridized carbons (Fsp3) is 0.250. The number of anilines is 1. The van der Waals surface area contributed by atoms with Gasteiger partial charge in [-0.3, -0.25) is 9.59 Å². The van der Waals surface area contributed by atoms with Crippen LogP contribution in [-0.2, 0) is 11.2 Å². The number of hydrogen-bond donors (Lipinski definition) is 3. The third-order valence-corrected chi connectivity index (χ3v) is 1.82. The molecule has 7 heteroatoms. The Hall–Kier alpha value is -1.92. The zero-order valence-electron chi connectivity index (χ0n) is 7.46. The average molecular weight is 218 g/mol. The van der Waals surface area contributed by atoms with E-state index in [0.29, 0.717) is 0 Å². The number of nitrogens with one attached hydrogen (secondary N) is 1. The molecule has 1 aromatic heterocycles. The smallest absolute Gasteiger partial charge is 0.307 e. The van der Waals surface area contributed by atoms with Gasteiger partial charge in [-0.05, 0) is 5.56 Å². The summed E-state index contributed by atoms with van der Waals surface area (Å²) in [6.45, 7) is 0. The molecule has 0 aliphatic heterocycles. The van der Waals surface area contributed by atoms with Gasteiger partial charge in [-0.2, -0.15) is 0 Å². The van der Waals surface area contributed by atoms with Gasteiger partial charge in [0, 0.05) is 6.20 Å². The van der Waals surface area contributed by atoms with Gasteiger partial charge in [-0.25, -0.2) is 8.78 Å². The Morgan fingerprint density at radius 2 is 2.20 bits per heavy atom. The summed E-state index contributed by atoms with van der Waals surface area (Å²) in [7, 11) is 0. The Kier molecular flexibility index (Phi) is 3.03. The first-order chi connectivity index (χ1) is 6.93. The topological polar surface area (TPSA) is 96.2 Å². The van der Waals surface area contributed by atoms with Gasteiger partial charge >= 0.3 is 5.97 Å². The van der Waals surface area contributed by atoms with E-state index in [-0.39, 0.29) is 5.56 Å². The predicted octanol–water partition coefficient (Wildman–Crippen LogP) is 0.522. The van der Waals surface area contributed by atoms with Gasteiger partial charge < -0.3 is 15.8 Å². The lowest BCUT2D eigenvalue weighted by molar-refractivity contribution is -0.136. The highest BCUT2D eigenvalue weighted by molar-refractivity contribution is 5.71. The molecule has 0 bridgehead atoms. The lowest BCUT2D eigenvalue weighted by Gasteiger charge is -2.08. The fourth-order valence-electron chi connectivity index (χ4n) is 1.17. The molecule has 0 saturated carbocycles. The molecule has 0 amide bonds. The number of aromatic amines is 1. The molecule has 15 heavy (non-hydrogen) atoms. The standard InChI is InChI=1S/C8H8F2N2O3/c9-7(10)5-3(1-4(13)14)2-12-8(15)6(5)11/h2,7H,1,11H2,(H,12,15)(H,13,14). The molecule has 0 spiro atoms. The number of aliphatic carboxylic acids is 1. The molecule has 5 nitrogen and oxygen atoms in total. The maximum atomic E-state index is 12.5. The third-order valence-electron chi connectivity index (χ3n) is 1.82. The first-order valence-electron chi connectivity index (χ1n) is 3.93. The molecule has 4 N–H and O–H groups in total. The molecule has 0 unspecified atom stereocenters. The summed E-state index contributed by atoms with van der Waals surface area (Å²) in [6, 6.07) is 0. The van der Waals surface area contributed by atoms with E-state index < -0.39 is 35.6 Å². The summed E-state index contributed by atoms with van der Waals surface area (Å²) < 4.78 is 25.0. The third kappa shape index (κ3) is 2.30. The molecule has 0 aromatic carbocycles. The monoisotopic (exact) mass is 218 g/mol. The number of rotatable bonds is 3. The average Bonchev–Trinajstić information content (AvgIpc) is 2.10. The van der Waals surface area contributed by atoms with Crippen molar-refractivity contribution in [3.8, 4) is 0 Å². The van der Waals surface area contributed by atoms with E-state index in [1.807, 2.05) is 0 Å². The number of nitrogen functional groups attached to an aromatic ring is 1. The molecule has 0 radical (unpaired) electrons. The number of aromatic nitrogens is 1. The van der Waals surface area contributed by atoms with E-state index in [9.17, 15) is 18.4 Å². The van der Waals surface area contributed by atoms with Crippen LogP contribution in [-0.4, -0.2) is 16.1 Å². The van der Waals surface area contributed by atoms with Gasteiger partial charge in [0.2, 0.25) is 0 Å². The van der Waals surface area contributed by atoms with Crippen LogP contribution < -0.4 is 11.3 Å². The van der Waals surface area contributed by atoms with Crippen molar-refractivity contribution in [3.05, 3.63) is 27.7 Å². The lowest BCUT2D eigenvalue weighted by Crippen LogP contribution is -2.18. The number of H-pyrrole nitrogens is 1. The maximum absolute atomic E-state index is 12.5. The van der Waals surface area contributed by atoms with Crippen LogP contribution in [0.15, 0.2) is 11.0 Å². The number of hydrogen-bond acceptors (Lipinski definition) is 3. The molecular weight excluding hydrogens is 210 g/mol. The zero-order valence-corrected chi connectivity index (χ0v) is 7.46. The molecule has 82 valence electrons. The summed E-state index contributed by atoms with van der Waals surface area (Å²) in [5, 5.41) is 8.46. The minimum atomic E-state index is -2.97. The van der Waals surface area contributed by atoms with Gasteiger partial charge in [0.15, 0.2) is 0 Å². The highest BCUT2D eigenvalue weighted by atomic mass is 19.3. The fourth-order valence-corrected chi connectivity index (χ4v) is 1.17. The predicted molar refractivity (Wildman–Crippen MR) is 47.8 cm³/mol. The Labute approximate surface area is 82.5 Å². The SMILES string of the molecule is Nc1c(C(F)F)c(CC(=O)O)c[nH]c1=O. The summed E-state index contributed by atoms with van der Waals surface area (Å²) in [4.78, 5) is 23.4. The Morgan fingerprint density at radius 1 is 1.60 bits per heavy atom. The first-order valence-corrected chi connectivity index (χ1v) is 3.93. The Bertz CT molecular complexity index is 442. The quantitative estimate of drug-likeness (QED) is 0.689. The van der Waals surface area contributed by atoms with Crippen molar-refractivity contribution in [2.24, 2.45) is 0 Å². The minimum Gasteiger partial charge on any atom is -0.481 e. The second kappa shape index (κ2) is 4.07. The van der Waals surface area contributed by atoms with Gasteiger partial charge in [0.05, 0.1) is 12.0 Å². The van der Waals surface area contributed by atoms with Crippen LogP contribution in [0.5, 0.6) is 0 Å². The number of nitrogens with two attached hydrogens (primary N) is 1. The van der Waals surface area contributed by atoms with E-state index in [1.165, 1.54) is 0 Å². The Morgan fingerprint density at radius 3 is 2.67 bits per heavy atom. The van der Waals surface area contributed by atoms with Gasteiger partial charge in [0.25, 0.3) is 12.0 Å². The van der Waals surface area contributed by atoms with Crippen molar-refractivity contribution in [2.45, 2.75) is 12.8 Å². The van der Waals surface area contributed by atoms with Crippen LogP contribution in [0.1, 0.15) is 17.6 Å². The molecule has 0 fully saturated rings. The molecule has 0 saturated heterocycles. The summed E-state index contributed by atoms with van der Waals surface area (Å²) in [6.07, 6.45) is -2.64. The highest BCUT2D eigenvalue weighted by Gasteiger charge is 2.20. The number of halogens is 2. The van der Waals surface area contributed by atoms with Crippen LogP contribution in [0.2, 0.25) is 0 Å². The van der Waals surface area contributed by atoms with Crippen molar-refractivity contribution in [2.75, 3.05) is 5.73 Å². The summed E-state index contributed by atoms with van der Waals surface area (Å²) in [5.41, 5.74) is 2.77. The van der Waals surface area contributed by atoms with Crippen molar-refractivity contribution >= 4 is 11.7 Å². The number of carboxylic acids is 1. The van der Waals surface area contributed by atoms with Crippen LogP contribution in [0.3, 0.4) is 0 Å². The number of carbonyl (C=O) groups is 1. The van der Waals surface area contributed by atoms with Gasteiger partial charge in [0.1, 0.15) is 5.69 Å². The summed E-state index contributed by atoms with van der Waals surface area (Å²) in [5.74, 6) is -1.27. The normalized spacial score (nSPS) is 10.6. The number of alkyl halides is 2. The van der Waals surface area contributed by atoms with E-state index in [1.54, 1.807) is 0 Å². The van der Waals surface area contributed by atoms with E-state index >= 15 is 0 Å². The van der Waals surface area contributed by atoms with Crippen molar-refractivity contribution in [1.29, 1.82) is 0 Å². The van der Waals surface area contributed by atoms with E-state index in [0.717, 1.165) is 6.20 Å². The van der Waals surface area contributed by atoms with Crippen molar-refractivity contribution in [1.82, 2.24) is 4.98 Å². The number of carboxylic acid groups (broad SMARTS) is 1. The van der Waals surface area contributed by atoms with Crippen molar-refractivity contribution in [3.63, 3.8) is 0 Å². The molecule has 0 atom stereocenters. The van der Waals surface area contributed by atoms with Crippen LogP contribution in [0, 0.1) is 0 Å². The van der Waals surface area contributed by atoms with Crippen LogP contribution >= 0.6 is 0 Å². The van der Waals surface area contributed by atoms with E-state index in [2.05, 4.69) is 4.98 Å². The molecule has 0 aliphatic carbocycles. The molecule has 1 heterocycles. The largest absolute Gasteiger partial charge is 0.481 e. The Balaban J connectivity index is 3.33. The highest BCUT2D eigenvalue weighted by Crippen LogP contribution is 2.26. The first kappa shape index (κ1) is 11.2. The number of pyridine rings is 1. The second-order valence-corrected chi connectivity index (χ2v) is 2.84. The molecule has 1 aromatic rings. The van der Waals surface area contributed by atoms with Gasteiger partial charge in [-0.1, -0.05) is 0 Å². The lowest BCUT2D eigenvalue weighted by atomic mass is 10.1. The summed E-state index contributed by atoms with van der Waals surface area (Å²) >= 11 is 0. The second-order valence-electron chi connectivity index (χ2n) is 2.84. The zero-order chi connectivity index (χ0) is 11.6.